The third-order valence-electron chi connectivity index (χ3n) is 4.33. The molecule has 5 heteroatoms. The number of amides is 2. The number of carbonyl (C=O) groups is 2. The van der Waals surface area contributed by atoms with Crippen LogP contribution >= 0.6 is 0 Å². The largest absolute Gasteiger partial charge is 0.481 e. The molecule has 0 heterocycles. The lowest BCUT2D eigenvalue weighted by Crippen LogP contribution is -2.48. The highest BCUT2D eigenvalue weighted by Gasteiger charge is 2.31. The van der Waals surface area contributed by atoms with E-state index in [4.69, 9.17) is 5.11 Å². The number of hydrogen-bond acceptors (Lipinski definition) is 2. The topological polar surface area (TPSA) is 78.4 Å². The molecular formula is C13H22N2O3. The van der Waals surface area contributed by atoms with Crippen LogP contribution in [0.4, 0.5) is 4.79 Å². The van der Waals surface area contributed by atoms with E-state index in [2.05, 4.69) is 10.6 Å². The molecule has 0 bridgehead atoms. The number of nitrogens with one attached hydrogen (secondary N) is 2. The lowest BCUT2D eigenvalue weighted by Gasteiger charge is -2.32. The summed E-state index contributed by atoms with van der Waals surface area (Å²) in [5.74, 6) is -0.423. The van der Waals surface area contributed by atoms with Gasteiger partial charge in [-0.25, -0.2) is 4.79 Å². The fourth-order valence-electron chi connectivity index (χ4n) is 2.83. The zero-order valence-electron chi connectivity index (χ0n) is 10.8. The average Bonchev–Trinajstić information content (AvgIpc) is 2.62. The van der Waals surface area contributed by atoms with Crippen LogP contribution in [0.25, 0.3) is 0 Å². The summed E-state index contributed by atoms with van der Waals surface area (Å²) in [7, 11) is 0. The third kappa shape index (κ3) is 3.15. The van der Waals surface area contributed by atoms with Crippen molar-refractivity contribution in [3.8, 4) is 0 Å². The van der Waals surface area contributed by atoms with E-state index in [1.807, 2.05) is 6.92 Å². The van der Waals surface area contributed by atoms with Crippen molar-refractivity contribution in [1.82, 2.24) is 10.6 Å². The number of carboxylic acid groups (broad SMARTS) is 1. The smallest absolute Gasteiger partial charge is 0.315 e. The van der Waals surface area contributed by atoms with Crippen molar-refractivity contribution in [3.05, 3.63) is 0 Å². The molecule has 2 aliphatic carbocycles. The molecular weight excluding hydrogens is 232 g/mol. The van der Waals surface area contributed by atoms with Gasteiger partial charge >= 0.3 is 12.0 Å². The molecule has 2 saturated carbocycles. The maximum atomic E-state index is 11.8. The molecule has 2 rings (SSSR count). The molecule has 0 aliphatic heterocycles. The molecule has 0 aromatic rings. The molecule has 18 heavy (non-hydrogen) atoms. The summed E-state index contributed by atoms with van der Waals surface area (Å²) < 4.78 is 0. The summed E-state index contributed by atoms with van der Waals surface area (Å²) in [6.45, 7) is 2.04. The first-order chi connectivity index (χ1) is 8.56. The van der Waals surface area contributed by atoms with Crippen LogP contribution in [0.15, 0.2) is 0 Å². The van der Waals surface area contributed by atoms with Crippen LogP contribution in [-0.2, 0) is 4.79 Å². The Labute approximate surface area is 107 Å². The maximum Gasteiger partial charge on any atom is 0.315 e. The fourth-order valence-corrected chi connectivity index (χ4v) is 2.83. The summed E-state index contributed by atoms with van der Waals surface area (Å²) >= 11 is 0. The highest BCUT2D eigenvalue weighted by atomic mass is 16.4. The molecule has 0 spiro atoms. The van der Waals surface area contributed by atoms with Crippen LogP contribution in [0.1, 0.15) is 45.4 Å². The van der Waals surface area contributed by atoms with E-state index >= 15 is 0 Å². The van der Waals surface area contributed by atoms with Crippen LogP contribution in [0.3, 0.4) is 0 Å². The Bertz CT molecular complexity index is 328. The maximum absolute atomic E-state index is 11.8. The minimum Gasteiger partial charge on any atom is -0.481 e. The normalized spacial score (nSPS) is 29.4. The monoisotopic (exact) mass is 254 g/mol. The van der Waals surface area contributed by atoms with E-state index < -0.39 is 5.97 Å². The Morgan fingerprint density at radius 1 is 1.22 bits per heavy atom. The van der Waals surface area contributed by atoms with Crippen molar-refractivity contribution in [1.29, 1.82) is 0 Å². The zero-order chi connectivity index (χ0) is 13.1. The molecule has 0 aromatic heterocycles. The summed E-state index contributed by atoms with van der Waals surface area (Å²) in [6, 6.07) is 0.0838. The molecule has 5 nitrogen and oxygen atoms in total. The van der Waals surface area contributed by atoms with Gasteiger partial charge in [0, 0.05) is 12.1 Å². The third-order valence-corrected chi connectivity index (χ3v) is 4.33. The Hall–Kier alpha value is -1.26. The highest BCUT2D eigenvalue weighted by molar-refractivity contribution is 5.75. The van der Waals surface area contributed by atoms with E-state index in [0.29, 0.717) is 18.8 Å². The Balaban J connectivity index is 1.69. The molecule has 2 aliphatic rings. The number of carbonyl (C=O) groups excluding carboxylic acids is 1. The Morgan fingerprint density at radius 3 is 2.44 bits per heavy atom. The van der Waals surface area contributed by atoms with Crippen LogP contribution in [0.2, 0.25) is 0 Å². The zero-order valence-corrected chi connectivity index (χ0v) is 10.8. The Kier molecular flexibility index (Phi) is 4.09. The van der Waals surface area contributed by atoms with Gasteiger partial charge in [-0.3, -0.25) is 4.79 Å². The Morgan fingerprint density at radius 2 is 1.94 bits per heavy atom. The number of aliphatic carboxylic acids is 1. The van der Waals surface area contributed by atoms with Gasteiger partial charge in [-0.15, -0.1) is 0 Å². The van der Waals surface area contributed by atoms with Gasteiger partial charge in [0.1, 0.15) is 0 Å². The lowest BCUT2D eigenvalue weighted by molar-refractivity contribution is -0.141. The quantitative estimate of drug-likeness (QED) is 0.715. The minimum atomic E-state index is -0.748. The fraction of sp³-hybridized carbons (Fsp3) is 0.846. The van der Waals surface area contributed by atoms with Gasteiger partial charge in [-0.05, 0) is 44.9 Å². The first-order valence-corrected chi connectivity index (χ1v) is 6.86. The molecule has 102 valence electrons. The van der Waals surface area contributed by atoms with Gasteiger partial charge in [0.2, 0.25) is 0 Å². The molecule has 0 saturated heterocycles. The molecule has 3 atom stereocenters. The molecule has 0 aromatic carbocycles. The van der Waals surface area contributed by atoms with Gasteiger partial charge in [0.25, 0.3) is 0 Å². The molecule has 2 amide bonds. The summed E-state index contributed by atoms with van der Waals surface area (Å²) in [6.07, 6.45) is 5.65. The minimum absolute atomic E-state index is 0.0136. The van der Waals surface area contributed by atoms with E-state index in [-0.39, 0.29) is 24.0 Å². The van der Waals surface area contributed by atoms with Crippen molar-refractivity contribution in [2.45, 2.75) is 57.5 Å². The predicted molar refractivity (Wildman–Crippen MR) is 67.2 cm³/mol. The summed E-state index contributed by atoms with van der Waals surface area (Å²) in [4.78, 5) is 22.6. The number of rotatable bonds is 4. The highest BCUT2D eigenvalue weighted by Crippen LogP contribution is 2.29. The van der Waals surface area contributed by atoms with E-state index in [1.54, 1.807) is 0 Å². The van der Waals surface area contributed by atoms with Crippen LogP contribution in [-0.4, -0.2) is 29.2 Å². The van der Waals surface area contributed by atoms with Gasteiger partial charge in [-0.2, -0.15) is 0 Å². The number of carboxylic acids is 1. The second-order valence-electron chi connectivity index (χ2n) is 5.64. The van der Waals surface area contributed by atoms with E-state index in [1.165, 1.54) is 19.3 Å². The predicted octanol–water partition coefficient (Wildman–Crippen LogP) is 1.73. The van der Waals surface area contributed by atoms with Crippen molar-refractivity contribution in [3.63, 3.8) is 0 Å². The summed E-state index contributed by atoms with van der Waals surface area (Å²) in [5, 5.41) is 14.7. The molecule has 3 N–H and O–H groups in total. The second kappa shape index (κ2) is 5.59. The SMILES string of the molecule is CC(NC(=O)NC1CCC(C(=O)O)C1)C1CCC1. The van der Waals surface area contributed by atoms with Crippen molar-refractivity contribution in [2.24, 2.45) is 11.8 Å². The molecule has 0 radical (unpaired) electrons. The van der Waals surface area contributed by atoms with E-state index in [9.17, 15) is 9.59 Å². The van der Waals surface area contributed by atoms with Crippen molar-refractivity contribution < 1.29 is 14.7 Å². The first kappa shape index (κ1) is 13.2. The van der Waals surface area contributed by atoms with E-state index in [0.717, 1.165) is 6.42 Å². The lowest BCUT2D eigenvalue weighted by atomic mass is 9.80. The summed E-state index contributed by atoms with van der Waals surface area (Å²) in [5.41, 5.74) is 0. The second-order valence-corrected chi connectivity index (χ2v) is 5.64. The van der Waals surface area contributed by atoms with Crippen LogP contribution < -0.4 is 10.6 Å². The van der Waals surface area contributed by atoms with Crippen molar-refractivity contribution in [2.75, 3.05) is 0 Å². The standard InChI is InChI=1S/C13H22N2O3/c1-8(9-3-2-4-9)14-13(18)15-11-6-5-10(7-11)12(16)17/h8-11H,2-7H2,1H3,(H,16,17)(H2,14,15,18). The average molecular weight is 254 g/mol. The molecule has 3 unspecified atom stereocenters. The first-order valence-electron chi connectivity index (χ1n) is 6.86. The van der Waals surface area contributed by atoms with Gasteiger partial charge in [0.15, 0.2) is 0 Å². The van der Waals surface area contributed by atoms with Crippen molar-refractivity contribution >= 4 is 12.0 Å². The molecule has 2 fully saturated rings. The van der Waals surface area contributed by atoms with Crippen LogP contribution in [0.5, 0.6) is 0 Å². The van der Waals surface area contributed by atoms with Gasteiger partial charge in [0.05, 0.1) is 5.92 Å². The van der Waals surface area contributed by atoms with Crippen LogP contribution in [0, 0.1) is 11.8 Å². The number of hydrogen-bond donors (Lipinski definition) is 3. The van der Waals surface area contributed by atoms with Gasteiger partial charge < -0.3 is 15.7 Å². The van der Waals surface area contributed by atoms with Gasteiger partial charge in [-0.1, -0.05) is 6.42 Å². The number of urea groups is 1.